The highest BCUT2D eigenvalue weighted by molar-refractivity contribution is 5.95. The Morgan fingerprint density at radius 2 is 1.86 bits per heavy atom. The van der Waals surface area contributed by atoms with E-state index in [0.717, 1.165) is 5.56 Å². The molecule has 0 fully saturated rings. The standard InChI is InChI=1S/C17H19FN2O/c1-11(2)13-5-3-12(4-6-13)10-20-17(21)14-7-15(18)9-16(19)8-14/h3-9,11H,10,19H2,1-2H3,(H,20,21). The van der Waals surface area contributed by atoms with Gasteiger partial charge in [0.05, 0.1) is 0 Å². The third-order valence-electron chi connectivity index (χ3n) is 3.28. The highest BCUT2D eigenvalue weighted by Crippen LogP contribution is 2.15. The van der Waals surface area contributed by atoms with Crippen molar-refractivity contribution in [3.05, 3.63) is 65.0 Å². The molecule has 0 radical (unpaired) electrons. The Labute approximate surface area is 124 Å². The molecule has 2 aromatic rings. The van der Waals surface area contributed by atoms with Crippen molar-refractivity contribution in [3.8, 4) is 0 Å². The quantitative estimate of drug-likeness (QED) is 0.846. The Kier molecular flexibility index (Phi) is 4.58. The van der Waals surface area contributed by atoms with Crippen molar-refractivity contribution in [2.24, 2.45) is 0 Å². The Morgan fingerprint density at radius 1 is 1.19 bits per heavy atom. The van der Waals surface area contributed by atoms with Gasteiger partial charge in [-0.05, 0) is 35.2 Å². The largest absolute Gasteiger partial charge is 0.399 e. The molecule has 0 saturated heterocycles. The second kappa shape index (κ2) is 6.39. The minimum absolute atomic E-state index is 0.228. The van der Waals surface area contributed by atoms with Crippen LogP contribution in [-0.4, -0.2) is 5.91 Å². The van der Waals surface area contributed by atoms with Gasteiger partial charge in [-0.15, -0.1) is 0 Å². The van der Waals surface area contributed by atoms with E-state index in [1.54, 1.807) is 0 Å². The van der Waals surface area contributed by atoms with Gasteiger partial charge < -0.3 is 11.1 Å². The molecule has 110 valence electrons. The van der Waals surface area contributed by atoms with Crippen LogP contribution in [0.2, 0.25) is 0 Å². The van der Waals surface area contributed by atoms with Gasteiger partial charge in [-0.3, -0.25) is 4.79 Å². The summed E-state index contributed by atoms with van der Waals surface area (Å²) in [4.78, 5) is 12.0. The van der Waals surface area contributed by atoms with Gasteiger partial charge in [-0.2, -0.15) is 0 Å². The zero-order valence-corrected chi connectivity index (χ0v) is 12.2. The van der Waals surface area contributed by atoms with Crippen LogP contribution >= 0.6 is 0 Å². The molecule has 2 rings (SSSR count). The van der Waals surface area contributed by atoms with Gasteiger partial charge in [0.25, 0.3) is 5.91 Å². The smallest absolute Gasteiger partial charge is 0.251 e. The van der Waals surface area contributed by atoms with Crippen molar-refractivity contribution in [1.29, 1.82) is 0 Å². The summed E-state index contributed by atoms with van der Waals surface area (Å²) in [5, 5.41) is 2.76. The van der Waals surface area contributed by atoms with Crippen LogP contribution in [0.15, 0.2) is 42.5 Å². The van der Waals surface area contributed by atoms with Gasteiger partial charge >= 0.3 is 0 Å². The Balaban J connectivity index is 2.00. The van der Waals surface area contributed by atoms with Crippen LogP contribution in [0, 0.1) is 5.82 Å². The molecule has 0 aromatic heterocycles. The average Bonchev–Trinajstić information content (AvgIpc) is 2.44. The van der Waals surface area contributed by atoms with E-state index in [0.29, 0.717) is 12.5 Å². The van der Waals surface area contributed by atoms with Crippen LogP contribution in [-0.2, 0) is 6.54 Å². The van der Waals surface area contributed by atoms with Crippen LogP contribution in [0.25, 0.3) is 0 Å². The van der Waals surface area contributed by atoms with Gasteiger partial charge in [-0.25, -0.2) is 4.39 Å². The molecule has 0 saturated carbocycles. The van der Waals surface area contributed by atoms with E-state index in [2.05, 4.69) is 19.2 Å². The van der Waals surface area contributed by atoms with Gasteiger partial charge in [-0.1, -0.05) is 38.1 Å². The van der Waals surface area contributed by atoms with Crippen molar-refractivity contribution in [2.45, 2.75) is 26.3 Å². The van der Waals surface area contributed by atoms with E-state index in [1.807, 2.05) is 24.3 Å². The fourth-order valence-electron chi connectivity index (χ4n) is 2.05. The molecule has 0 spiro atoms. The summed E-state index contributed by atoms with van der Waals surface area (Å²) < 4.78 is 13.2. The van der Waals surface area contributed by atoms with Crippen LogP contribution in [0.5, 0.6) is 0 Å². The second-order valence-corrected chi connectivity index (χ2v) is 5.35. The number of amides is 1. The lowest BCUT2D eigenvalue weighted by molar-refractivity contribution is 0.0950. The number of anilines is 1. The summed E-state index contributed by atoms with van der Waals surface area (Å²) in [5.74, 6) is -0.375. The fraction of sp³-hybridized carbons (Fsp3) is 0.235. The van der Waals surface area contributed by atoms with Crippen molar-refractivity contribution in [2.75, 3.05) is 5.73 Å². The molecular formula is C17H19FN2O. The van der Waals surface area contributed by atoms with E-state index in [9.17, 15) is 9.18 Å². The number of benzene rings is 2. The van der Waals surface area contributed by atoms with Crippen molar-refractivity contribution < 1.29 is 9.18 Å². The monoisotopic (exact) mass is 286 g/mol. The zero-order valence-electron chi connectivity index (χ0n) is 12.2. The maximum atomic E-state index is 13.2. The number of rotatable bonds is 4. The molecule has 1 amide bonds. The number of nitrogens with one attached hydrogen (secondary N) is 1. The summed E-state index contributed by atoms with van der Waals surface area (Å²) in [6, 6.07) is 11.9. The zero-order chi connectivity index (χ0) is 15.4. The summed E-state index contributed by atoms with van der Waals surface area (Å²) >= 11 is 0. The van der Waals surface area contributed by atoms with E-state index in [4.69, 9.17) is 5.73 Å². The normalized spacial score (nSPS) is 10.7. The number of nitrogens with two attached hydrogens (primary N) is 1. The molecule has 3 N–H and O–H groups in total. The Bertz CT molecular complexity index is 615. The number of hydrogen-bond acceptors (Lipinski definition) is 2. The first kappa shape index (κ1) is 15.0. The van der Waals surface area contributed by atoms with Crippen molar-refractivity contribution >= 4 is 11.6 Å². The molecule has 2 aromatic carbocycles. The third-order valence-corrected chi connectivity index (χ3v) is 3.28. The van der Waals surface area contributed by atoms with E-state index >= 15 is 0 Å². The lowest BCUT2D eigenvalue weighted by atomic mass is 10.0. The molecule has 3 nitrogen and oxygen atoms in total. The Morgan fingerprint density at radius 3 is 2.43 bits per heavy atom. The average molecular weight is 286 g/mol. The van der Waals surface area contributed by atoms with Crippen molar-refractivity contribution in [3.63, 3.8) is 0 Å². The van der Waals surface area contributed by atoms with Crippen LogP contribution < -0.4 is 11.1 Å². The highest BCUT2D eigenvalue weighted by atomic mass is 19.1. The lowest BCUT2D eigenvalue weighted by Crippen LogP contribution is -2.23. The first-order valence-electron chi connectivity index (χ1n) is 6.89. The third kappa shape index (κ3) is 4.05. The second-order valence-electron chi connectivity index (χ2n) is 5.35. The molecule has 0 aliphatic rings. The van der Waals surface area contributed by atoms with Crippen molar-refractivity contribution in [1.82, 2.24) is 5.32 Å². The lowest BCUT2D eigenvalue weighted by Gasteiger charge is -2.09. The molecule has 0 aliphatic heterocycles. The number of hydrogen-bond donors (Lipinski definition) is 2. The first-order chi connectivity index (χ1) is 9.95. The molecule has 21 heavy (non-hydrogen) atoms. The van der Waals surface area contributed by atoms with Crippen LogP contribution in [0.4, 0.5) is 10.1 Å². The summed E-state index contributed by atoms with van der Waals surface area (Å²) in [6.07, 6.45) is 0. The summed E-state index contributed by atoms with van der Waals surface area (Å²) in [7, 11) is 0. The van der Waals surface area contributed by atoms with Gasteiger partial charge in [0.2, 0.25) is 0 Å². The molecule has 0 aliphatic carbocycles. The Hall–Kier alpha value is -2.36. The maximum absolute atomic E-state index is 13.2. The maximum Gasteiger partial charge on any atom is 0.251 e. The van der Waals surface area contributed by atoms with Gasteiger partial charge in [0.1, 0.15) is 5.82 Å². The van der Waals surface area contributed by atoms with Gasteiger partial charge in [0.15, 0.2) is 0 Å². The predicted molar refractivity (Wildman–Crippen MR) is 82.5 cm³/mol. The molecule has 0 atom stereocenters. The molecule has 0 unspecified atom stereocenters. The number of carbonyl (C=O) groups is 1. The number of nitrogen functional groups attached to an aromatic ring is 1. The predicted octanol–water partition coefficient (Wildman–Crippen LogP) is 3.46. The molecule has 4 heteroatoms. The van der Waals surface area contributed by atoms with Crippen LogP contribution in [0.3, 0.4) is 0 Å². The topological polar surface area (TPSA) is 55.1 Å². The fourth-order valence-corrected chi connectivity index (χ4v) is 2.05. The highest BCUT2D eigenvalue weighted by Gasteiger charge is 2.08. The first-order valence-corrected chi connectivity index (χ1v) is 6.89. The van der Waals surface area contributed by atoms with E-state index < -0.39 is 5.82 Å². The minimum atomic E-state index is -0.513. The minimum Gasteiger partial charge on any atom is -0.399 e. The number of halogens is 1. The SMILES string of the molecule is CC(C)c1ccc(CNC(=O)c2cc(N)cc(F)c2)cc1. The molecule has 0 heterocycles. The van der Waals surface area contributed by atoms with Gasteiger partial charge in [0, 0.05) is 17.8 Å². The van der Waals surface area contributed by atoms with Crippen LogP contribution in [0.1, 0.15) is 41.3 Å². The molecule has 0 bridgehead atoms. The summed E-state index contributed by atoms with van der Waals surface area (Å²) in [5.41, 5.74) is 8.25. The molecular weight excluding hydrogens is 267 g/mol. The number of carbonyl (C=O) groups excluding carboxylic acids is 1. The summed E-state index contributed by atoms with van der Waals surface area (Å²) in [6.45, 7) is 4.66. The van der Waals surface area contributed by atoms with E-state index in [1.165, 1.54) is 23.8 Å². The van der Waals surface area contributed by atoms with E-state index in [-0.39, 0.29) is 17.2 Å².